The summed E-state index contributed by atoms with van der Waals surface area (Å²) >= 11 is 0. The standard InChI is InChI=1S/C17H24N4O3S/c1-5-15(16-9-10-18-20(16)3)19-17(22)12-21(25(4,23)24)14-8-6-7-13(2)11-14/h6-11,15H,5,12H2,1-4H3,(H,19,22). The molecule has 25 heavy (non-hydrogen) atoms. The largest absolute Gasteiger partial charge is 0.346 e. The maximum Gasteiger partial charge on any atom is 0.241 e. The van der Waals surface area contributed by atoms with Crippen LogP contribution in [0.1, 0.15) is 30.6 Å². The summed E-state index contributed by atoms with van der Waals surface area (Å²) in [5.74, 6) is -0.361. The molecular formula is C17H24N4O3S. The molecule has 7 nitrogen and oxygen atoms in total. The van der Waals surface area contributed by atoms with E-state index in [9.17, 15) is 13.2 Å². The lowest BCUT2D eigenvalue weighted by Crippen LogP contribution is -2.41. The minimum Gasteiger partial charge on any atom is -0.346 e. The zero-order valence-electron chi connectivity index (χ0n) is 14.9. The van der Waals surface area contributed by atoms with Gasteiger partial charge in [-0.3, -0.25) is 13.8 Å². The molecule has 1 amide bonds. The predicted molar refractivity (Wildman–Crippen MR) is 97.8 cm³/mol. The molecule has 0 aliphatic rings. The maximum atomic E-state index is 12.5. The average Bonchev–Trinajstić information content (AvgIpc) is 2.95. The first-order valence-corrected chi connectivity index (χ1v) is 9.89. The van der Waals surface area contributed by atoms with Crippen molar-refractivity contribution in [3.63, 3.8) is 0 Å². The number of anilines is 1. The second kappa shape index (κ2) is 7.69. The summed E-state index contributed by atoms with van der Waals surface area (Å²) in [6, 6.07) is 8.68. The molecule has 0 spiro atoms. The van der Waals surface area contributed by atoms with Crippen LogP contribution in [0.3, 0.4) is 0 Å². The van der Waals surface area contributed by atoms with Crippen LogP contribution in [-0.2, 0) is 21.9 Å². The molecule has 8 heteroatoms. The molecule has 1 unspecified atom stereocenters. The van der Waals surface area contributed by atoms with Crippen molar-refractivity contribution in [2.24, 2.45) is 7.05 Å². The number of aryl methyl sites for hydroxylation is 2. The Hall–Kier alpha value is -2.35. The van der Waals surface area contributed by atoms with Gasteiger partial charge in [0.2, 0.25) is 15.9 Å². The van der Waals surface area contributed by atoms with Crippen molar-refractivity contribution >= 4 is 21.6 Å². The number of benzene rings is 1. The van der Waals surface area contributed by atoms with E-state index in [0.29, 0.717) is 12.1 Å². The van der Waals surface area contributed by atoms with Crippen molar-refractivity contribution < 1.29 is 13.2 Å². The number of aromatic nitrogens is 2. The van der Waals surface area contributed by atoms with Gasteiger partial charge in [0.05, 0.1) is 23.7 Å². The predicted octanol–water partition coefficient (Wildman–Crippen LogP) is 1.76. The first kappa shape index (κ1) is 19.0. The van der Waals surface area contributed by atoms with Gasteiger partial charge in [0.25, 0.3) is 0 Å². The molecule has 0 aliphatic carbocycles. The van der Waals surface area contributed by atoms with E-state index in [0.717, 1.165) is 21.8 Å². The van der Waals surface area contributed by atoms with E-state index in [-0.39, 0.29) is 18.5 Å². The van der Waals surface area contributed by atoms with Crippen LogP contribution in [0.15, 0.2) is 36.5 Å². The number of amides is 1. The van der Waals surface area contributed by atoms with Gasteiger partial charge >= 0.3 is 0 Å². The van der Waals surface area contributed by atoms with Crippen LogP contribution >= 0.6 is 0 Å². The van der Waals surface area contributed by atoms with E-state index in [1.54, 1.807) is 36.1 Å². The number of carbonyl (C=O) groups is 1. The fourth-order valence-electron chi connectivity index (χ4n) is 2.66. The third-order valence-electron chi connectivity index (χ3n) is 3.94. The highest BCUT2D eigenvalue weighted by Gasteiger charge is 2.23. The number of sulfonamides is 1. The molecule has 0 aliphatic heterocycles. The molecule has 2 aromatic rings. The van der Waals surface area contributed by atoms with Crippen LogP contribution in [0.4, 0.5) is 5.69 Å². The normalized spacial score (nSPS) is 12.6. The molecule has 0 saturated heterocycles. The van der Waals surface area contributed by atoms with Crippen LogP contribution in [0.25, 0.3) is 0 Å². The Morgan fingerprint density at radius 3 is 2.60 bits per heavy atom. The summed E-state index contributed by atoms with van der Waals surface area (Å²) in [6.45, 7) is 3.56. The van der Waals surface area contributed by atoms with Crippen molar-refractivity contribution in [1.29, 1.82) is 0 Å². The van der Waals surface area contributed by atoms with Crippen molar-refractivity contribution in [2.75, 3.05) is 17.1 Å². The molecule has 1 aromatic carbocycles. The highest BCUT2D eigenvalue weighted by atomic mass is 32.2. The van der Waals surface area contributed by atoms with Crippen LogP contribution in [-0.4, -0.2) is 36.9 Å². The Bertz CT molecular complexity index is 845. The number of rotatable bonds is 7. The summed E-state index contributed by atoms with van der Waals surface area (Å²) in [6.07, 6.45) is 3.44. The Morgan fingerprint density at radius 2 is 2.08 bits per heavy atom. The Kier molecular flexibility index (Phi) is 5.84. The number of hydrogen-bond donors (Lipinski definition) is 1. The summed E-state index contributed by atoms with van der Waals surface area (Å²) in [7, 11) is -1.77. The van der Waals surface area contributed by atoms with Crippen LogP contribution < -0.4 is 9.62 Å². The van der Waals surface area contributed by atoms with E-state index in [2.05, 4.69) is 10.4 Å². The molecule has 0 fully saturated rings. The molecule has 0 radical (unpaired) electrons. The van der Waals surface area contributed by atoms with E-state index >= 15 is 0 Å². The van der Waals surface area contributed by atoms with Crippen LogP contribution in [0.5, 0.6) is 0 Å². The van der Waals surface area contributed by atoms with Crippen molar-refractivity contribution in [2.45, 2.75) is 26.3 Å². The highest BCUT2D eigenvalue weighted by Crippen LogP contribution is 2.19. The van der Waals surface area contributed by atoms with Gasteiger partial charge in [0, 0.05) is 13.2 Å². The van der Waals surface area contributed by atoms with Crippen molar-refractivity contribution in [3.8, 4) is 0 Å². The summed E-state index contributed by atoms with van der Waals surface area (Å²) in [5.41, 5.74) is 2.27. The van der Waals surface area contributed by atoms with Crippen LogP contribution in [0, 0.1) is 6.92 Å². The highest BCUT2D eigenvalue weighted by molar-refractivity contribution is 7.92. The number of nitrogens with zero attached hydrogens (tertiary/aromatic N) is 3. The Morgan fingerprint density at radius 1 is 1.36 bits per heavy atom. The second-order valence-corrected chi connectivity index (χ2v) is 7.92. The van der Waals surface area contributed by atoms with Gasteiger partial charge in [-0.25, -0.2) is 8.42 Å². The molecular weight excluding hydrogens is 340 g/mol. The summed E-state index contributed by atoms with van der Waals surface area (Å²) in [4.78, 5) is 12.5. The quantitative estimate of drug-likeness (QED) is 0.811. The van der Waals surface area contributed by atoms with Gasteiger partial charge in [0.15, 0.2) is 0 Å². The van der Waals surface area contributed by atoms with Gasteiger partial charge in [-0.2, -0.15) is 5.10 Å². The Labute approximate surface area is 148 Å². The van der Waals surface area contributed by atoms with Gasteiger partial charge in [-0.15, -0.1) is 0 Å². The minimum absolute atomic E-state index is 0.223. The fourth-order valence-corrected chi connectivity index (χ4v) is 3.51. The van der Waals surface area contributed by atoms with Gasteiger partial charge in [-0.05, 0) is 37.1 Å². The smallest absolute Gasteiger partial charge is 0.241 e. The lowest BCUT2D eigenvalue weighted by Gasteiger charge is -2.24. The summed E-state index contributed by atoms with van der Waals surface area (Å²) in [5, 5.41) is 7.00. The van der Waals surface area contributed by atoms with E-state index in [1.165, 1.54) is 0 Å². The molecule has 2 rings (SSSR count). The first-order valence-electron chi connectivity index (χ1n) is 8.04. The van der Waals surface area contributed by atoms with Crippen molar-refractivity contribution in [3.05, 3.63) is 47.8 Å². The molecule has 1 N–H and O–H groups in total. The first-order chi connectivity index (χ1) is 11.7. The van der Waals surface area contributed by atoms with E-state index < -0.39 is 10.0 Å². The molecule has 1 aromatic heterocycles. The lowest BCUT2D eigenvalue weighted by molar-refractivity contribution is -0.120. The number of carbonyl (C=O) groups excluding carboxylic acids is 1. The Balaban J connectivity index is 2.19. The molecule has 1 heterocycles. The van der Waals surface area contributed by atoms with E-state index in [4.69, 9.17) is 0 Å². The van der Waals surface area contributed by atoms with Crippen LogP contribution in [0.2, 0.25) is 0 Å². The van der Waals surface area contributed by atoms with Gasteiger partial charge in [0.1, 0.15) is 6.54 Å². The molecule has 0 bridgehead atoms. The maximum absolute atomic E-state index is 12.5. The average molecular weight is 364 g/mol. The van der Waals surface area contributed by atoms with Gasteiger partial charge in [-0.1, -0.05) is 19.1 Å². The molecule has 0 saturated carbocycles. The molecule has 1 atom stereocenters. The zero-order chi connectivity index (χ0) is 18.6. The monoisotopic (exact) mass is 364 g/mol. The number of nitrogens with one attached hydrogen (secondary N) is 1. The third-order valence-corrected chi connectivity index (χ3v) is 5.08. The summed E-state index contributed by atoms with van der Waals surface area (Å²) < 4.78 is 27.1. The van der Waals surface area contributed by atoms with Gasteiger partial charge < -0.3 is 5.32 Å². The lowest BCUT2D eigenvalue weighted by atomic mass is 10.1. The van der Waals surface area contributed by atoms with E-state index in [1.807, 2.05) is 26.0 Å². The molecule has 136 valence electrons. The SMILES string of the molecule is CCC(NC(=O)CN(c1cccc(C)c1)S(C)(=O)=O)c1ccnn1C. The topological polar surface area (TPSA) is 84.3 Å². The fraction of sp³-hybridized carbons (Fsp3) is 0.412. The zero-order valence-corrected chi connectivity index (χ0v) is 15.7. The number of hydrogen-bond acceptors (Lipinski definition) is 4. The van der Waals surface area contributed by atoms with Crippen molar-refractivity contribution in [1.82, 2.24) is 15.1 Å². The third kappa shape index (κ3) is 4.82. The second-order valence-electron chi connectivity index (χ2n) is 6.02. The minimum atomic E-state index is -3.58.